The quantitative estimate of drug-likeness (QED) is 0.656. The second kappa shape index (κ2) is 7.52. The molecule has 10 heteroatoms. The van der Waals surface area contributed by atoms with Gasteiger partial charge in [0.15, 0.2) is 0 Å². The van der Waals surface area contributed by atoms with Crippen LogP contribution in [0.4, 0.5) is 0 Å². The van der Waals surface area contributed by atoms with Gasteiger partial charge in [0.25, 0.3) is 0 Å². The van der Waals surface area contributed by atoms with Gasteiger partial charge >= 0.3 is 0 Å². The first-order valence-electron chi connectivity index (χ1n) is 7.20. The van der Waals surface area contributed by atoms with Crippen molar-refractivity contribution in [2.45, 2.75) is 10.6 Å². The van der Waals surface area contributed by atoms with Crippen LogP contribution in [0.25, 0.3) is 11.5 Å². The van der Waals surface area contributed by atoms with Gasteiger partial charge in [0.2, 0.25) is 21.8 Å². The number of benzene rings is 1. The molecule has 1 aromatic carbocycles. The summed E-state index contributed by atoms with van der Waals surface area (Å²) in [5.74, 6) is 1.44. The van der Waals surface area contributed by atoms with E-state index in [0.717, 1.165) is 22.6 Å². The molecule has 2 aromatic heterocycles. The molecule has 0 spiro atoms. The first-order chi connectivity index (χ1) is 12.0. The van der Waals surface area contributed by atoms with Crippen molar-refractivity contribution in [2.75, 3.05) is 13.7 Å². The third-order valence-electron chi connectivity index (χ3n) is 3.25. The first kappa shape index (κ1) is 17.9. The summed E-state index contributed by atoms with van der Waals surface area (Å²) in [6.07, 6.45) is 0.279. The highest BCUT2D eigenvalue weighted by atomic mass is 35.5. The van der Waals surface area contributed by atoms with Crippen LogP contribution in [-0.4, -0.2) is 32.3 Å². The second-order valence-electron chi connectivity index (χ2n) is 4.94. The normalized spacial score (nSPS) is 11.6. The fourth-order valence-electron chi connectivity index (χ4n) is 2.01. The average molecular weight is 400 g/mol. The molecule has 3 rings (SSSR count). The number of thiophene rings is 1. The summed E-state index contributed by atoms with van der Waals surface area (Å²) in [4.78, 5) is 0. The summed E-state index contributed by atoms with van der Waals surface area (Å²) in [6.45, 7) is 0.141. The van der Waals surface area contributed by atoms with Crippen LogP contribution in [0, 0.1) is 0 Å². The molecule has 0 saturated carbocycles. The molecule has 0 aliphatic heterocycles. The van der Waals surface area contributed by atoms with Gasteiger partial charge in [-0.05, 0) is 36.4 Å². The number of nitrogens with one attached hydrogen (secondary N) is 1. The fraction of sp³-hybridized carbons (Fsp3) is 0.200. The molecule has 0 saturated heterocycles. The van der Waals surface area contributed by atoms with E-state index in [2.05, 4.69) is 14.9 Å². The van der Waals surface area contributed by atoms with Crippen LogP contribution in [0.3, 0.4) is 0 Å². The molecular weight excluding hydrogens is 386 g/mol. The van der Waals surface area contributed by atoms with Crippen molar-refractivity contribution in [3.05, 3.63) is 46.6 Å². The molecule has 1 N–H and O–H groups in total. The molecule has 0 unspecified atom stereocenters. The number of aromatic nitrogens is 2. The zero-order valence-corrected chi connectivity index (χ0v) is 15.5. The summed E-state index contributed by atoms with van der Waals surface area (Å²) in [7, 11) is -1.99. The van der Waals surface area contributed by atoms with E-state index in [0.29, 0.717) is 16.1 Å². The van der Waals surface area contributed by atoms with Crippen LogP contribution in [0.1, 0.15) is 5.89 Å². The van der Waals surface area contributed by atoms with Gasteiger partial charge in [-0.15, -0.1) is 21.5 Å². The lowest BCUT2D eigenvalue weighted by Crippen LogP contribution is -2.25. The van der Waals surface area contributed by atoms with Crippen LogP contribution >= 0.6 is 22.9 Å². The minimum absolute atomic E-state index is 0.141. The predicted octanol–water partition coefficient (Wildman–Crippen LogP) is 2.98. The van der Waals surface area contributed by atoms with Crippen LogP contribution in [-0.2, 0) is 16.4 Å². The highest BCUT2D eigenvalue weighted by Crippen LogP contribution is 2.25. The Morgan fingerprint density at radius 3 is 2.60 bits per heavy atom. The molecular formula is C15H14ClN3O4S2. The van der Waals surface area contributed by atoms with Crippen molar-refractivity contribution >= 4 is 33.0 Å². The first-order valence-corrected chi connectivity index (χ1v) is 9.87. The lowest BCUT2D eigenvalue weighted by molar-refractivity contribution is 0.415. The third kappa shape index (κ3) is 4.37. The summed E-state index contributed by atoms with van der Waals surface area (Å²) < 4.78 is 37.9. The van der Waals surface area contributed by atoms with Gasteiger partial charge in [-0.2, -0.15) is 0 Å². The van der Waals surface area contributed by atoms with Crippen LogP contribution in [0.2, 0.25) is 4.34 Å². The Kier molecular flexibility index (Phi) is 5.38. The van der Waals surface area contributed by atoms with E-state index < -0.39 is 10.0 Å². The minimum atomic E-state index is -3.58. The molecule has 0 aliphatic rings. The second-order valence-corrected chi connectivity index (χ2v) is 8.64. The number of hydrogen-bond donors (Lipinski definition) is 1. The molecule has 0 fully saturated rings. The van der Waals surface area contributed by atoms with E-state index in [-0.39, 0.29) is 17.2 Å². The number of rotatable bonds is 7. The standard InChI is InChI=1S/C15H14ClN3O4S2/c1-22-11-4-2-10(3-5-11)15-19-18-13(23-15)8-9-17-25(20,21)14-7-6-12(16)24-14/h2-7,17H,8-9H2,1H3. The van der Waals surface area contributed by atoms with Crippen LogP contribution in [0.5, 0.6) is 5.75 Å². The summed E-state index contributed by atoms with van der Waals surface area (Å²) in [5.41, 5.74) is 0.758. The maximum Gasteiger partial charge on any atom is 0.250 e. The van der Waals surface area contributed by atoms with Crippen molar-refractivity contribution in [2.24, 2.45) is 0 Å². The van der Waals surface area contributed by atoms with Crippen LogP contribution < -0.4 is 9.46 Å². The summed E-state index contributed by atoms with van der Waals surface area (Å²) in [5, 5.41) is 7.90. The number of ether oxygens (including phenoxy) is 1. The monoisotopic (exact) mass is 399 g/mol. The molecule has 0 aliphatic carbocycles. The highest BCUT2D eigenvalue weighted by Gasteiger charge is 2.17. The summed E-state index contributed by atoms with van der Waals surface area (Å²) in [6, 6.07) is 10.2. The molecule has 132 valence electrons. The maximum absolute atomic E-state index is 12.1. The Morgan fingerprint density at radius 1 is 1.20 bits per heavy atom. The smallest absolute Gasteiger partial charge is 0.250 e. The fourth-order valence-corrected chi connectivity index (χ4v) is 4.57. The van der Waals surface area contributed by atoms with Crippen molar-refractivity contribution in [1.82, 2.24) is 14.9 Å². The van der Waals surface area contributed by atoms with Gasteiger partial charge in [-0.25, -0.2) is 13.1 Å². The van der Waals surface area contributed by atoms with E-state index in [9.17, 15) is 8.42 Å². The molecule has 25 heavy (non-hydrogen) atoms. The lowest BCUT2D eigenvalue weighted by atomic mass is 10.2. The zero-order valence-electron chi connectivity index (χ0n) is 13.1. The number of sulfonamides is 1. The van der Waals surface area contributed by atoms with Crippen molar-refractivity contribution in [3.63, 3.8) is 0 Å². The van der Waals surface area contributed by atoms with Gasteiger partial charge in [-0.3, -0.25) is 0 Å². The Morgan fingerprint density at radius 2 is 1.96 bits per heavy atom. The predicted molar refractivity (Wildman–Crippen MR) is 94.5 cm³/mol. The van der Waals surface area contributed by atoms with Crippen molar-refractivity contribution in [1.29, 1.82) is 0 Å². The highest BCUT2D eigenvalue weighted by molar-refractivity contribution is 7.91. The Hall–Kier alpha value is -1.94. The van der Waals surface area contributed by atoms with Gasteiger partial charge < -0.3 is 9.15 Å². The van der Waals surface area contributed by atoms with Gasteiger partial charge in [0.05, 0.1) is 11.4 Å². The summed E-state index contributed by atoms with van der Waals surface area (Å²) >= 11 is 6.76. The van der Waals surface area contributed by atoms with E-state index in [1.54, 1.807) is 37.4 Å². The number of halogens is 1. The van der Waals surface area contributed by atoms with Crippen molar-refractivity contribution in [3.8, 4) is 17.2 Å². The Balaban J connectivity index is 1.60. The number of hydrogen-bond acceptors (Lipinski definition) is 7. The van der Waals surface area contributed by atoms with Gasteiger partial charge in [0, 0.05) is 18.5 Å². The van der Waals surface area contributed by atoms with Crippen molar-refractivity contribution < 1.29 is 17.6 Å². The largest absolute Gasteiger partial charge is 0.497 e. The SMILES string of the molecule is COc1ccc(-c2nnc(CCNS(=O)(=O)c3ccc(Cl)s3)o2)cc1. The lowest BCUT2D eigenvalue weighted by Gasteiger charge is -2.02. The van der Waals surface area contributed by atoms with Gasteiger partial charge in [0.1, 0.15) is 9.96 Å². The molecule has 0 atom stereocenters. The molecule has 7 nitrogen and oxygen atoms in total. The van der Waals surface area contributed by atoms with E-state index in [1.807, 2.05) is 0 Å². The number of methoxy groups -OCH3 is 1. The molecule has 2 heterocycles. The number of nitrogens with zero attached hydrogens (tertiary/aromatic N) is 2. The third-order valence-corrected chi connectivity index (χ3v) is 6.43. The Bertz CT molecular complexity index is 951. The molecule has 0 amide bonds. The molecule has 0 radical (unpaired) electrons. The van der Waals surface area contributed by atoms with Gasteiger partial charge in [-0.1, -0.05) is 11.6 Å². The average Bonchev–Trinajstić information content (AvgIpc) is 3.24. The molecule has 3 aromatic rings. The zero-order chi connectivity index (χ0) is 17.9. The topological polar surface area (TPSA) is 94.3 Å². The van der Waals surface area contributed by atoms with Crippen LogP contribution in [0.15, 0.2) is 45.0 Å². The van der Waals surface area contributed by atoms with E-state index in [4.69, 9.17) is 20.8 Å². The molecule has 0 bridgehead atoms. The minimum Gasteiger partial charge on any atom is -0.497 e. The van der Waals surface area contributed by atoms with E-state index >= 15 is 0 Å². The Labute approximate surface area is 153 Å². The van der Waals surface area contributed by atoms with E-state index in [1.165, 1.54) is 6.07 Å². The maximum atomic E-state index is 12.1.